The van der Waals surface area contributed by atoms with E-state index in [0.717, 1.165) is 0 Å². The zero-order valence-electron chi connectivity index (χ0n) is 7.61. The molecule has 2 atom stereocenters. The third kappa shape index (κ3) is 3.89. The molecule has 0 aromatic rings. The summed E-state index contributed by atoms with van der Waals surface area (Å²) >= 11 is 0. The first-order chi connectivity index (χ1) is 6.09. The van der Waals surface area contributed by atoms with E-state index in [2.05, 4.69) is 0 Å². The molecule has 5 heteroatoms. The molecule has 0 amide bonds. The Morgan fingerprint density at radius 2 is 1.46 bits per heavy atom. The van der Waals surface area contributed by atoms with Crippen molar-refractivity contribution in [3.8, 4) is 0 Å². The van der Waals surface area contributed by atoms with Crippen molar-refractivity contribution in [3.05, 3.63) is 0 Å². The molecule has 0 aromatic carbocycles. The molecule has 0 unspecified atom stereocenters. The van der Waals surface area contributed by atoms with Crippen molar-refractivity contribution in [1.29, 1.82) is 0 Å². The van der Waals surface area contributed by atoms with Crippen molar-refractivity contribution in [3.63, 3.8) is 0 Å². The number of ether oxygens (including phenoxy) is 3. The highest BCUT2D eigenvalue weighted by molar-refractivity contribution is 5.66. The molecule has 0 saturated carbocycles. The molecular formula is C8H12O5. The lowest BCUT2D eigenvalue weighted by molar-refractivity contribution is -0.142. The summed E-state index contributed by atoms with van der Waals surface area (Å²) in [5, 5.41) is 0. The van der Waals surface area contributed by atoms with Crippen LogP contribution in [0.2, 0.25) is 0 Å². The van der Waals surface area contributed by atoms with E-state index in [0.29, 0.717) is 0 Å². The van der Waals surface area contributed by atoms with Gasteiger partial charge in [-0.05, 0) is 0 Å². The number of hydrogen-bond acceptors (Lipinski definition) is 5. The van der Waals surface area contributed by atoms with Gasteiger partial charge in [0, 0.05) is 13.8 Å². The van der Waals surface area contributed by atoms with E-state index >= 15 is 0 Å². The van der Waals surface area contributed by atoms with Crippen LogP contribution in [-0.4, -0.2) is 37.4 Å². The average Bonchev–Trinajstić information content (AvgIpc) is 2.76. The largest absolute Gasteiger partial charge is 0.463 e. The molecule has 0 N–H and O–H groups in total. The van der Waals surface area contributed by atoms with E-state index in [1.807, 2.05) is 0 Å². The highest BCUT2D eigenvalue weighted by Gasteiger charge is 2.40. The number of esters is 2. The SMILES string of the molecule is CC(=O)OC[C@@H]1O[C@@H]1COC(C)=O. The fourth-order valence-corrected chi connectivity index (χ4v) is 0.871. The summed E-state index contributed by atoms with van der Waals surface area (Å²) < 4.78 is 14.5. The number of rotatable bonds is 4. The Kier molecular flexibility index (Phi) is 3.25. The summed E-state index contributed by atoms with van der Waals surface area (Å²) in [6, 6.07) is 0. The highest BCUT2D eigenvalue weighted by atomic mass is 16.6. The van der Waals surface area contributed by atoms with Crippen molar-refractivity contribution in [2.75, 3.05) is 13.2 Å². The van der Waals surface area contributed by atoms with E-state index < -0.39 is 0 Å². The first-order valence-corrected chi connectivity index (χ1v) is 4.02. The standard InChI is InChI=1S/C8H12O5/c1-5(9)11-3-7-8(13-7)4-12-6(2)10/h7-8H,3-4H2,1-2H3/t7-,8+. The molecule has 1 rings (SSSR count). The summed E-state index contributed by atoms with van der Waals surface area (Å²) in [5.41, 5.74) is 0. The van der Waals surface area contributed by atoms with E-state index in [9.17, 15) is 9.59 Å². The van der Waals surface area contributed by atoms with Gasteiger partial charge >= 0.3 is 11.9 Å². The monoisotopic (exact) mass is 188 g/mol. The molecule has 1 fully saturated rings. The number of epoxide rings is 1. The smallest absolute Gasteiger partial charge is 0.302 e. The van der Waals surface area contributed by atoms with Crippen LogP contribution >= 0.6 is 0 Å². The summed E-state index contributed by atoms with van der Waals surface area (Å²) in [7, 11) is 0. The lowest BCUT2D eigenvalue weighted by Gasteiger charge is -1.98. The molecule has 13 heavy (non-hydrogen) atoms. The molecule has 1 heterocycles. The molecule has 1 aliphatic heterocycles. The van der Waals surface area contributed by atoms with Gasteiger partial charge in [0.1, 0.15) is 25.4 Å². The first-order valence-electron chi connectivity index (χ1n) is 4.02. The number of carbonyl (C=O) groups is 2. The number of carbonyl (C=O) groups excluding carboxylic acids is 2. The Morgan fingerprint density at radius 3 is 1.77 bits per heavy atom. The van der Waals surface area contributed by atoms with Gasteiger partial charge in [0.05, 0.1) is 0 Å². The van der Waals surface area contributed by atoms with Crippen LogP contribution in [-0.2, 0) is 23.8 Å². The second-order valence-electron chi connectivity index (χ2n) is 2.82. The lowest BCUT2D eigenvalue weighted by atomic mass is 10.3. The third-order valence-electron chi connectivity index (χ3n) is 1.59. The van der Waals surface area contributed by atoms with E-state index in [1.165, 1.54) is 13.8 Å². The summed E-state index contributed by atoms with van der Waals surface area (Å²) in [5.74, 6) is -0.663. The van der Waals surface area contributed by atoms with Crippen LogP contribution < -0.4 is 0 Å². The molecule has 0 aliphatic carbocycles. The molecule has 0 radical (unpaired) electrons. The molecule has 1 aliphatic rings. The molecule has 0 bridgehead atoms. The molecule has 1 saturated heterocycles. The second kappa shape index (κ2) is 4.23. The normalized spacial score (nSPS) is 25.1. The summed E-state index contributed by atoms with van der Waals surface area (Å²) in [4.78, 5) is 20.8. The zero-order chi connectivity index (χ0) is 9.84. The van der Waals surface area contributed by atoms with Gasteiger partial charge < -0.3 is 14.2 Å². The van der Waals surface area contributed by atoms with Gasteiger partial charge in [0.2, 0.25) is 0 Å². The lowest BCUT2D eigenvalue weighted by Crippen LogP contribution is -2.13. The van der Waals surface area contributed by atoms with Gasteiger partial charge in [0.15, 0.2) is 0 Å². The van der Waals surface area contributed by atoms with E-state index in [1.54, 1.807) is 0 Å². The third-order valence-corrected chi connectivity index (χ3v) is 1.59. The minimum absolute atomic E-state index is 0.108. The van der Waals surface area contributed by atoms with Crippen molar-refractivity contribution in [1.82, 2.24) is 0 Å². The van der Waals surface area contributed by atoms with E-state index in [-0.39, 0.29) is 37.4 Å². The van der Waals surface area contributed by atoms with Crippen molar-refractivity contribution >= 4 is 11.9 Å². The van der Waals surface area contributed by atoms with Crippen LogP contribution in [0.1, 0.15) is 13.8 Å². The van der Waals surface area contributed by atoms with Gasteiger partial charge in [-0.15, -0.1) is 0 Å². The van der Waals surface area contributed by atoms with Gasteiger partial charge in [0.25, 0.3) is 0 Å². The van der Waals surface area contributed by atoms with Crippen LogP contribution in [0.4, 0.5) is 0 Å². The maximum atomic E-state index is 10.4. The predicted molar refractivity (Wildman–Crippen MR) is 41.9 cm³/mol. The Labute approximate surface area is 76.0 Å². The van der Waals surface area contributed by atoms with Crippen molar-refractivity contribution in [2.24, 2.45) is 0 Å². The first kappa shape index (κ1) is 9.98. The van der Waals surface area contributed by atoms with E-state index in [4.69, 9.17) is 14.2 Å². The Hall–Kier alpha value is -1.10. The molecule has 0 aromatic heterocycles. The predicted octanol–water partition coefficient (Wildman–Crippen LogP) is -0.120. The van der Waals surface area contributed by atoms with Gasteiger partial charge in [-0.2, -0.15) is 0 Å². The Balaban J connectivity index is 2.02. The maximum Gasteiger partial charge on any atom is 0.302 e. The van der Waals surface area contributed by atoms with Gasteiger partial charge in [-0.1, -0.05) is 0 Å². The maximum absolute atomic E-state index is 10.4. The van der Waals surface area contributed by atoms with Gasteiger partial charge in [-0.25, -0.2) is 0 Å². The zero-order valence-corrected chi connectivity index (χ0v) is 7.61. The highest BCUT2D eigenvalue weighted by Crippen LogP contribution is 2.22. The molecular weight excluding hydrogens is 176 g/mol. The van der Waals surface area contributed by atoms with Crippen LogP contribution in [0.15, 0.2) is 0 Å². The number of hydrogen-bond donors (Lipinski definition) is 0. The Bertz CT molecular complexity index is 191. The minimum Gasteiger partial charge on any atom is -0.463 e. The summed E-state index contributed by atoms with van der Waals surface area (Å²) in [6.45, 7) is 3.15. The van der Waals surface area contributed by atoms with Crippen LogP contribution in [0.25, 0.3) is 0 Å². The van der Waals surface area contributed by atoms with Gasteiger partial charge in [-0.3, -0.25) is 9.59 Å². The van der Waals surface area contributed by atoms with Crippen LogP contribution in [0, 0.1) is 0 Å². The quantitative estimate of drug-likeness (QED) is 0.454. The fraction of sp³-hybridized carbons (Fsp3) is 0.750. The van der Waals surface area contributed by atoms with Crippen molar-refractivity contribution in [2.45, 2.75) is 26.1 Å². The van der Waals surface area contributed by atoms with Crippen LogP contribution in [0.3, 0.4) is 0 Å². The Morgan fingerprint density at radius 1 is 1.08 bits per heavy atom. The molecule has 0 spiro atoms. The molecule has 74 valence electrons. The second-order valence-corrected chi connectivity index (χ2v) is 2.82. The average molecular weight is 188 g/mol. The topological polar surface area (TPSA) is 65.1 Å². The molecule has 5 nitrogen and oxygen atoms in total. The summed E-state index contributed by atoms with van der Waals surface area (Å²) in [6.07, 6.45) is -0.216. The minimum atomic E-state index is -0.332. The fourth-order valence-electron chi connectivity index (χ4n) is 0.871. The van der Waals surface area contributed by atoms with Crippen LogP contribution in [0.5, 0.6) is 0 Å². The van der Waals surface area contributed by atoms with Crippen molar-refractivity contribution < 1.29 is 23.8 Å².